The average molecular weight is 317 g/mol. The molecule has 0 aliphatic carbocycles. The van der Waals surface area contributed by atoms with Crippen LogP contribution in [0.25, 0.3) is 10.8 Å². The summed E-state index contributed by atoms with van der Waals surface area (Å²) in [5, 5.41) is 2.62. The summed E-state index contributed by atoms with van der Waals surface area (Å²) < 4.78 is 0. The maximum atomic E-state index is 12.5. The summed E-state index contributed by atoms with van der Waals surface area (Å²) in [6.07, 6.45) is 6.67. The number of amides is 1. The Hall–Kier alpha value is -2.75. The van der Waals surface area contributed by atoms with E-state index < -0.39 is 0 Å². The van der Waals surface area contributed by atoms with Crippen LogP contribution < -0.4 is 0 Å². The summed E-state index contributed by atoms with van der Waals surface area (Å²) in [5.74, 6) is 0.487. The molecule has 0 atom stereocenters. The summed E-state index contributed by atoms with van der Waals surface area (Å²) in [5.41, 5.74) is 1.83. The Balaban J connectivity index is 1.51. The fourth-order valence-electron chi connectivity index (χ4n) is 3.57. The lowest BCUT2D eigenvalue weighted by molar-refractivity contribution is 0.0707. The monoisotopic (exact) mass is 317 g/mol. The molecule has 2 heterocycles. The average Bonchev–Trinajstić information content (AvgIpc) is 2.68. The fraction of sp³-hybridized carbons (Fsp3) is 0.250. The maximum absolute atomic E-state index is 12.5. The molecular weight excluding hydrogens is 298 g/mol. The fourth-order valence-corrected chi connectivity index (χ4v) is 3.57. The zero-order valence-electron chi connectivity index (χ0n) is 13.4. The van der Waals surface area contributed by atoms with Crippen LogP contribution in [0, 0.1) is 0 Å². The Bertz CT molecular complexity index is 850. The van der Waals surface area contributed by atoms with E-state index in [0.717, 1.165) is 25.9 Å². The van der Waals surface area contributed by atoms with Gasteiger partial charge in [-0.25, -0.2) is 4.98 Å². The van der Waals surface area contributed by atoms with Gasteiger partial charge in [0.2, 0.25) is 0 Å². The third kappa shape index (κ3) is 2.75. The third-order valence-corrected chi connectivity index (χ3v) is 4.83. The van der Waals surface area contributed by atoms with Crippen molar-refractivity contribution in [2.24, 2.45) is 0 Å². The van der Waals surface area contributed by atoms with Crippen molar-refractivity contribution in [2.75, 3.05) is 13.1 Å². The van der Waals surface area contributed by atoms with E-state index in [4.69, 9.17) is 0 Å². The quantitative estimate of drug-likeness (QED) is 0.725. The molecule has 0 N–H and O–H groups in total. The van der Waals surface area contributed by atoms with Gasteiger partial charge in [0.25, 0.3) is 5.91 Å². The maximum Gasteiger partial charge on any atom is 0.274 e. The Morgan fingerprint density at radius 3 is 2.58 bits per heavy atom. The van der Waals surface area contributed by atoms with Crippen LogP contribution in [0.5, 0.6) is 0 Å². The van der Waals surface area contributed by atoms with Crippen LogP contribution in [0.2, 0.25) is 0 Å². The lowest BCUT2D eigenvalue weighted by Crippen LogP contribution is -2.38. The number of rotatable bonds is 2. The van der Waals surface area contributed by atoms with Gasteiger partial charge >= 0.3 is 0 Å². The highest BCUT2D eigenvalue weighted by atomic mass is 16.2. The minimum Gasteiger partial charge on any atom is -0.337 e. The molecular formula is C20H19N3O. The molecule has 1 fully saturated rings. The predicted molar refractivity (Wildman–Crippen MR) is 93.9 cm³/mol. The van der Waals surface area contributed by atoms with Gasteiger partial charge in [0.05, 0.1) is 6.20 Å². The van der Waals surface area contributed by atoms with Crippen molar-refractivity contribution in [1.29, 1.82) is 0 Å². The number of benzene rings is 2. The normalized spacial score (nSPS) is 15.6. The van der Waals surface area contributed by atoms with Crippen molar-refractivity contribution in [2.45, 2.75) is 18.8 Å². The number of aromatic nitrogens is 2. The van der Waals surface area contributed by atoms with Gasteiger partial charge in [-0.1, -0.05) is 42.5 Å². The summed E-state index contributed by atoms with van der Waals surface area (Å²) in [4.78, 5) is 22.5. The molecule has 0 radical (unpaired) electrons. The lowest BCUT2D eigenvalue weighted by atomic mass is 9.86. The first-order valence-electron chi connectivity index (χ1n) is 8.36. The minimum absolute atomic E-state index is 0.0144. The van der Waals surface area contributed by atoms with Gasteiger partial charge in [-0.15, -0.1) is 0 Å². The molecule has 0 unspecified atom stereocenters. The van der Waals surface area contributed by atoms with Crippen LogP contribution in [0.4, 0.5) is 0 Å². The van der Waals surface area contributed by atoms with Gasteiger partial charge in [-0.3, -0.25) is 9.78 Å². The van der Waals surface area contributed by atoms with Crippen molar-refractivity contribution in [1.82, 2.24) is 14.9 Å². The van der Waals surface area contributed by atoms with Crippen LogP contribution in [-0.2, 0) is 0 Å². The van der Waals surface area contributed by atoms with Crippen LogP contribution in [0.1, 0.15) is 34.8 Å². The van der Waals surface area contributed by atoms with Crippen LogP contribution in [0.15, 0.2) is 61.1 Å². The highest BCUT2D eigenvalue weighted by Gasteiger charge is 2.26. The number of hydrogen-bond acceptors (Lipinski definition) is 3. The number of likely N-dealkylation sites (tertiary alicyclic amines) is 1. The Morgan fingerprint density at radius 2 is 1.79 bits per heavy atom. The molecule has 1 amide bonds. The summed E-state index contributed by atoms with van der Waals surface area (Å²) in [6, 6.07) is 15.0. The molecule has 2 aromatic carbocycles. The molecule has 0 bridgehead atoms. The molecule has 1 aromatic heterocycles. The van der Waals surface area contributed by atoms with Gasteiger partial charge in [-0.05, 0) is 35.1 Å². The second kappa shape index (κ2) is 6.40. The first-order chi connectivity index (χ1) is 11.8. The largest absolute Gasteiger partial charge is 0.337 e. The van der Waals surface area contributed by atoms with E-state index in [1.807, 2.05) is 4.90 Å². The predicted octanol–water partition coefficient (Wildman–Crippen LogP) is 3.65. The van der Waals surface area contributed by atoms with Crippen molar-refractivity contribution in [3.63, 3.8) is 0 Å². The number of carbonyl (C=O) groups excluding carboxylic acids is 1. The van der Waals surface area contributed by atoms with Gasteiger partial charge in [-0.2, -0.15) is 0 Å². The molecule has 4 heteroatoms. The van der Waals surface area contributed by atoms with Gasteiger partial charge < -0.3 is 4.90 Å². The number of hydrogen-bond donors (Lipinski definition) is 0. The SMILES string of the molecule is O=C(c1cnccn1)N1CCC(c2cccc3ccccc23)CC1. The van der Waals surface area contributed by atoms with Crippen LogP contribution in [-0.4, -0.2) is 33.9 Å². The van der Waals surface area contributed by atoms with Crippen molar-refractivity contribution in [3.8, 4) is 0 Å². The molecule has 24 heavy (non-hydrogen) atoms. The third-order valence-electron chi connectivity index (χ3n) is 4.83. The molecule has 0 spiro atoms. The topological polar surface area (TPSA) is 46.1 Å². The first kappa shape index (κ1) is 14.8. The van der Waals surface area contributed by atoms with E-state index in [9.17, 15) is 4.79 Å². The van der Waals surface area contributed by atoms with Crippen molar-refractivity contribution < 1.29 is 4.79 Å². The number of nitrogens with zero attached hydrogens (tertiary/aromatic N) is 3. The van der Waals surface area contributed by atoms with Gasteiger partial charge in [0.15, 0.2) is 0 Å². The summed E-state index contributed by atoms with van der Waals surface area (Å²) in [7, 11) is 0. The molecule has 1 aliphatic heterocycles. The van der Waals surface area contributed by atoms with Crippen LogP contribution >= 0.6 is 0 Å². The molecule has 1 aliphatic rings. The van der Waals surface area contributed by atoms with E-state index in [1.54, 1.807) is 18.6 Å². The van der Waals surface area contributed by atoms with E-state index in [0.29, 0.717) is 11.6 Å². The second-order valence-corrected chi connectivity index (χ2v) is 6.23. The summed E-state index contributed by atoms with van der Waals surface area (Å²) in [6.45, 7) is 1.53. The van der Waals surface area contributed by atoms with Crippen molar-refractivity contribution >= 4 is 16.7 Å². The zero-order valence-corrected chi connectivity index (χ0v) is 13.4. The number of piperidine rings is 1. The Kier molecular flexibility index (Phi) is 3.95. The Morgan fingerprint density at radius 1 is 1.00 bits per heavy atom. The lowest BCUT2D eigenvalue weighted by Gasteiger charge is -2.32. The van der Waals surface area contributed by atoms with Crippen LogP contribution in [0.3, 0.4) is 0 Å². The molecule has 0 saturated carbocycles. The molecule has 4 rings (SSSR count). The second-order valence-electron chi connectivity index (χ2n) is 6.23. The van der Waals surface area contributed by atoms with E-state index in [2.05, 4.69) is 52.4 Å². The summed E-state index contributed by atoms with van der Waals surface area (Å²) >= 11 is 0. The number of carbonyl (C=O) groups is 1. The minimum atomic E-state index is -0.0144. The van der Waals surface area contributed by atoms with E-state index >= 15 is 0 Å². The standard InChI is InChI=1S/C20H19N3O/c24-20(19-14-21-10-11-22-19)23-12-8-16(9-13-23)18-7-3-5-15-4-1-2-6-17(15)18/h1-7,10-11,14,16H,8-9,12-13H2. The molecule has 120 valence electrons. The van der Waals surface area contributed by atoms with Gasteiger partial charge in [0.1, 0.15) is 5.69 Å². The Labute approximate surface area is 141 Å². The first-order valence-corrected chi connectivity index (χ1v) is 8.36. The smallest absolute Gasteiger partial charge is 0.274 e. The molecule has 4 nitrogen and oxygen atoms in total. The van der Waals surface area contributed by atoms with E-state index in [1.165, 1.54) is 16.3 Å². The number of fused-ring (bicyclic) bond motifs is 1. The molecule has 3 aromatic rings. The van der Waals surface area contributed by atoms with Gasteiger partial charge in [0, 0.05) is 25.5 Å². The highest BCUT2D eigenvalue weighted by molar-refractivity contribution is 5.92. The van der Waals surface area contributed by atoms with Crippen molar-refractivity contribution in [3.05, 3.63) is 72.3 Å². The van der Waals surface area contributed by atoms with E-state index in [-0.39, 0.29) is 5.91 Å². The highest BCUT2D eigenvalue weighted by Crippen LogP contribution is 2.33. The molecule has 1 saturated heterocycles. The zero-order chi connectivity index (χ0) is 16.4.